The van der Waals surface area contributed by atoms with Gasteiger partial charge >= 0.3 is 0 Å². The van der Waals surface area contributed by atoms with Crippen LogP contribution in [0.25, 0.3) is 22.4 Å². The van der Waals surface area contributed by atoms with Crippen LogP contribution in [0.4, 0.5) is 0 Å². The van der Waals surface area contributed by atoms with E-state index in [0.29, 0.717) is 15.9 Å². The molecule has 0 saturated carbocycles. The van der Waals surface area contributed by atoms with Crippen LogP contribution in [-0.4, -0.2) is 16.2 Å². The number of aromatic amines is 1. The van der Waals surface area contributed by atoms with Crippen LogP contribution in [0.1, 0.15) is 5.56 Å². The van der Waals surface area contributed by atoms with Crippen LogP contribution in [0.15, 0.2) is 58.5 Å². The second kappa shape index (κ2) is 6.91. The van der Waals surface area contributed by atoms with E-state index >= 15 is 0 Å². The average molecular weight is 354 g/mol. The first-order valence-electron chi connectivity index (χ1n) is 7.07. The Morgan fingerprint density at radius 3 is 2.46 bits per heavy atom. The van der Waals surface area contributed by atoms with Crippen molar-refractivity contribution >= 4 is 23.4 Å². The number of halogens is 1. The summed E-state index contributed by atoms with van der Waals surface area (Å²) in [7, 11) is 0. The number of rotatable bonds is 3. The Balaban J connectivity index is 2.07. The Kier molecular flexibility index (Phi) is 4.70. The molecule has 0 aliphatic heterocycles. The summed E-state index contributed by atoms with van der Waals surface area (Å²) >= 11 is 7.35. The van der Waals surface area contributed by atoms with E-state index in [2.05, 4.69) is 9.97 Å². The summed E-state index contributed by atoms with van der Waals surface area (Å²) in [5, 5.41) is 10.4. The summed E-state index contributed by atoms with van der Waals surface area (Å²) in [4.78, 5) is 19.0. The van der Waals surface area contributed by atoms with Crippen molar-refractivity contribution in [1.29, 1.82) is 5.26 Å². The van der Waals surface area contributed by atoms with Gasteiger partial charge in [0.25, 0.3) is 5.56 Å². The molecule has 0 radical (unpaired) electrons. The predicted octanol–water partition coefficient (Wildman–Crippen LogP) is 4.35. The van der Waals surface area contributed by atoms with E-state index in [1.165, 1.54) is 11.8 Å². The molecule has 1 aromatic heterocycles. The normalized spacial score (nSPS) is 10.4. The molecule has 4 nitrogen and oxygen atoms in total. The monoisotopic (exact) mass is 353 g/mol. The van der Waals surface area contributed by atoms with Crippen LogP contribution in [0.5, 0.6) is 0 Å². The summed E-state index contributed by atoms with van der Waals surface area (Å²) in [5.41, 5.74) is 2.70. The van der Waals surface area contributed by atoms with Crippen molar-refractivity contribution in [3.8, 4) is 28.5 Å². The quantitative estimate of drug-likeness (QED) is 0.561. The molecule has 3 aromatic rings. The van der Waals surface area contributed by atoms with Crippen molar-refractivity contribution in [3.63, 3.8) is 0 Å². The van der Waals surface area contributed by atoms with E-state index < -0.39 is 5.56 Å². The molecule has 0 unspecified atom stereocenters. The molecule has 2 aromatic carbocycles. The highest BCUT2D eigenvalue weighted by atomic mass is 35.5. The minimum atomic E-state index is -0.425. The van der Waals surface area contributed by atoms with Gasteiger partial charge in [0.1, 0.15) is 11.6 Å². The number of nitrogens with zero attached hydrogens (tertiary/aromatic N) is 2. The summed E-state index contributed by atoms with van der Waals surface area (Å²) < 4.78 is 0. The van der Waals surface area contributed by atoms with Gasteiger partial charge in [0.15, 0.2) is 5.16 Å². The first kappa shape index (κ1) is 16.3. The fraction of sp³-hybridized carbons (Fsp3) is 0.0556. The van der Waals surface area contributed by atoms with Gasteiger partial charge in [-0.2, -0.15) is 5.26 Å². The lowest BCUT2D eigenvalue weighted by molar-refractivity contribution is 0.938. The molecular weight excluding hydrogens is 342 g/mol. The molecule has 3 rings (SSSR count). The summed E-state index contributed by atoms with van der Waals surface area (Å²) in [6, 6.07) is 17.0. The Hall–Kier alpha value is -2.55. The van der Waals surface area contributed by atoms with E-state index in [1.807, 2.05) is 60.9 Å². The van der Waals surface area contributed by atoms with E-state index in [9.17, 15) is 10.1 Å². The minimum Gasteiger partial charge on any atom is -0.300 e. The van der Waals surface area contributed by atoms with Gasteiger partial charge in [-0.3, -0.25) is 4.79 Å². The number of H-pyrrole nitrogens is 1. The average Bonchev–Trinajstić information content (AvgIpc) is 2.61. The van der Waals surface area contributed by atoms with E-state index in [0.717, 1.165) is 16.7 Å². The fourth-order valence-corrected chi connectivity index (χ4v) is 2.92. The Labute approximate surface area is 148 Å². The Bertz CT molecular complexity index is 990. The smallest absolute Gasteiger partial charge is 0.270 e. The number of benzene rings is 2. The highest BCUT2D eigenvalue weighted by molar-refractivity contribution is 7.98. The van der Waals surface area contributed by atoms with Crippen LogP contribution >= 0.6 is 23.4 Å². The number of hydrogen-bond acceptors (Lipinski definition) is 4. The van der Waals surface area contributed by atoms with E-state index in [1.54, 1.807) is 0 Å². The highest BCUT2D eigenvalue weighted by Gasteiger charge is 2.13. The van der Waals surface area contributed by atoms with Gasteiger partial charge in [0, 0.05) is 10.6 Å². The molecule has 0 aliphatic carbocycles. The molecule has 0 amide bonds. The molecule has 0 bridgehead atoms. The third kappa shape index (κ3) is 3.21. The van der Waals surface area contributed by atoms with Crippen molar-refractivity contribution in [3.05, 3.63) is 69.5 Å². The largest absolute Gasteiger partial charge is 0.300 e. The van der Waals surface area contributed by atoms with Gasteiger partial charge in [-0.1, -0.05) is 59.8 Å². The number of thioether (sulfide) groups is 1. The Morgan fingerprint density at radius 1 is 1.12 bits per heavy atom. The molecule has 1 N–H and O–H groups in total. The summed E-state index contributed by atoms with van der Waals surface area (Å²) in [5.74, 6) is 0. The first-order valence-corrected chi connectivity index (χ1v) is 8.67. The standard InChI is InChI=1S/C18H12ClN3OS/c1-24-18-21-16(15(10-20)17(23)22-18)12-7-5-11(6-8-12)13-3-2-4-14(19)9-13/h2-9H,1H3,(H,21,22,23). The highest BCUT2D eigenvalue weighted by Crippen LogP contribution is 2.27. The van der Waals surface area contributed by atoms with Gasteiger partial charge < -0.3 is 4.98 Å². The van der Waals surface area contributed by atoms with Gasteiger partial charge in [-0.25, -0.2) is 4.98 Å². The molecule has 0 spiro atoms. The molecule has 0 aliphatic rings. The predicted molar refractivity (Wildman–Crippen MR) is 97.2 cm³/mol. The van der Waals surface area contributed by atoms with Crippen molar-refractivity contribution in [1.82, 2.24) is 9.97 Å². The second-order valence-electron chi connectivity index (χ2n) is 5.00. The molecule has 118 valence electrons. The molecule has 1 heterocycles. The first-order chi connectivity index (χ1) is 11.6. The number of hydrogen-bond donors (Lipinski definition) is 1. The van der Waals surface area contributed by atoms with Gasteiger partial charge in [0.2, 0.25) is 0 Å². The van der Waals surface area contributed by atoms with E-state index in [-0.39, 0.29) is 5.56 Å². The Morgan fingerprint density at radius 2 is 1.83 bits per heavy atom. The number of nitriles is 1. The molecule has 24 heavy (non-hydrogen) atoms. The third-order valence-corrected chi connectivity index (χ3v) is 4.33. The van der Waals surface area contributed by atoms with Gasteiger partial charge in [0.05, 0.1) is 5.69 Å². The molecule has 0 fully saturated rings. The summed E-state index contributed by atoms with van der Waals surface area (Å²) in [6.45, 7) is 0. The molecular formula is C18H12ClN3OS. The zero-order valence-corrected chi connectivity index (χ0v) is 14.3. The van der Waals surface area contributed by atoms with Crippen LogP contribution < -0.4 is 5.56 Å². The lowest BCUT2D eigenvalue weighted by Gasteiger charge is -2.07. The third-order valence-electron chi connectivity index (χ3n) is 3.52. The molecule has 0 saturated heterocycles. The lowest BCUT2D eigenvalue weighted by atomic mass is 10.0. The van der Waals surface area contributed by atoms with Crippen LogP contribution in [0, 0.1) is 11.3 Å². The maximum atomic E-state index is 12.0. The van der Waals surface area contributed by atoms with Crippen LogP contribution in [0.3, 0.4) is 0 Å². The molecule has 6 heteroatoms. The topological polar surface area (TPSA) is 69.5 Å². The van der Waals surface area contributed by atoms with Crippen molar-refractivity contribution in [2.45, 2.75) is 5.16 Å². The van der Waals surface area contributed by atoms with Crippen molar-refractivity contribution in [2.24, 2.45) is 0 Å². The molecule has 0 atom stereocenters. The zero-order valence-electron chi connectivity index (χ0n) is 12.7. The van der Waals surface area contributed by atoms with Gasteiger partial charge in [-0.05, 0) is 29.5 Å². The number of aromatic nitrogens is 2. The lowest BCUT2D eigenvalue weighted by Crippen LogP contribution is -2.14. The zero-order chi connectivity index (χ0) is 17.1. The van der Waals surface area contributed by atoms with Gasteiger partial charge in [-0.15, -0.1) is 0 Å². The maximum absolute atomic E-state index is 12.0. The maximum Gasteiger partial charge on any atom is 0.270 e. The summed E-state index contributed by atoms with van der Waals surface area (Å²) in [6.07, 6.45) is 1.82. The minimum absolute atomic E-state index is 0.0169. The van der Waals surface area contributed by atoms with Crippen LogP contribution in [0.2, 0.25) is 5.02 Å². The van der Waals surface area contributed by atoms with Crippen LogP contribution in [-0.2, 0) is 0 Å². The van der Waals surface area contributed by atoms with Crippen molar-refractivity contribution in [2.75, 3.05) is 6.26 Å². The number of nitrogens with one attached hydrogen (secondary N) is 1. The second-order valence-corrected chi connectivity index (χ2v) is 6.23. The van der Waals surface area contributed by atoms with E-state index in [4.69, 9.17) is 11.6 Å². The van der Waals surface area contributed by atoms with Crippen molar-refractivity contribution < 1.29 is 0 Å². The SMILES string of the molecule is CSc1nc(-c2ccc(-c3cccc(Cl)c3)cc2)c(C#N)c(=O)[nH]1. The fourth-order valence-electron chi connectivity index (χ4n) is 2.35.